The molecule has 0 spiro atoms. The zero-order valence-electron chi connectivity index (χ0n) is 9.33. The average Bonchev–Trinajstić information content (AvgIpc) is 2.55. The van der Waals surface area contributed by atoms with E-state index >= 15 is 0 Å². The van der Waals surface area contributed by atoms with Gasteiger partial charge in [0.25, 0.3) is 0 Å². The number of benzene rings is 1. The number of aliphatic hydroxyl groups is 1. The molecule has 0 saturated carbocycles. The van der Waals surface area contributed by atoms with Gasteiger partial charge >= 0.3 is 0 Å². The number of rotatable bonds is 3. The van der Waals surface area contributed by atoms with Crippen LogP contribution in [0.4, 0.5) is 0 Å². The SMILES string of the molecule is CCn1c(CCO)cc2ccc(C)cc21. The molecule has 0 aliphatic carbocycles. The summed E-state index contributed by atoms with van der Waals surface area (Å²) in [7, 11) is 0. The summed E-state index contributed by atoms with van der Waals surface area (Å²) in [5.41, 5.74) is 3.78. The van der Waals surface area contributed by atoms with Crippen LogP contribution in [-0.4, -0.2) is 16.3 Å². The predicted octanol–water partition coefficient (Wildman–Crippen LogP) is 2.50. The van der Waals surface area contributed by atoms with Gasteiger partial charge < -0.3 is 9.67 Å². The summed E-state index contributed by atoms with van der Waals surface area (Å²) in [4.78, 5) is 0. The van der Waals surface area contributed by atoms with E-state index in [0.717, 1.165) is 13.0 Å². The summed E-state index contributed by atoms with van der Waals surface area (Å²) in [6.07, 6.45) is 0.738. The van der Waals surface area contributed by atoms with Crippen LogP contribution in [0.15, 0.2) is 24.3 Å². The van der Waals surface area contributed by atoms with E-state index in [0.29, 0.717) is 0 Å². The molecular weight excluding hydrogens is 186 g/mol. The van der Waals surface area contributed by atoms with Crippen molar-refractivity contribution in [3.63, 3.8) is 0 Å². The highest BCUT2D eigenvalue weighted by molar-refractivity contribution is 5.82. The molecule has 2 nitrogen and oxygen atoms in total. The van der Waals surface area contributed by atoms with Gasteiger partial charge in [-0.15, -0.1) is 0 Å². The summed E-state index contributed by atoms with van der Waals surface area (Å²) in [6.45, 7) is 5.43. The lowest BCUT2D eigenvalue weighted by Crippen LogP contribution is -2.02. The van der Waals surface area contributed by atoms with Crippen LogP contribution < -0.4 is 0 Å². The Morgan fingerprint density at radius 3 is 2.73 bits per heavy atom. The minimum atomic E-state index is 0.218. The molecule has 0 amide bonds. The molecule has 0 fully saturated rings. The first-order chi connectivity index (χ1) is 7.26. The maximum atomic E-state index is 9.01. The monoisotopic (exact) mass is 203 g/mol. The van der Waals surface area contributed by atoms with E-state index in [9.17, 15) is 0 Å². The molecule has 0 aliphatic rings. The Balaban J connectivity index is 2.63. The minimum absolute atomic E-state index is 0.218. The minimum Gasteiger partial charge on any atom is -0.396 e. The maximum absolute atomic E-state index is 9.01. The Kier molecular flexibility index (Phi) is 2.78. The van der Waals surface area contributed by atoms with Crippen LogP contribution in [0.2, 0.25) is 0 Å². The normalized spacial score (nSPS) is 11.1. The standard InChI is InChI=1S/C13H17NO/c1-3-14-12(6-7-15)9-11-5-4-10(2)8-13(11)14/h4-5,8-9,15H,3,6-7H2,1-2H3. The Labute approximate surface area is 90.2 Å². The van der Waals surface area contributed by atoms with Gasteiger partial charge in [0, 0.05) is 30.8 Å². The number of hydrogen-bond acceptors (Lipinski definition) is 1. The van der Waals surface area contributed by atoms with Gasteiger partial charge in [0.05, 0.1) is 0 Å². The fourth-order valence-electron chi connectivity index (χ4n) is 2.12. The molecule has 0 unspecified atom stereocenters. The molecule has 15 heavy (non-hydrogen) atoms. The molecule has 0 atom stereocenters. The van der Waals surface area contributed by atoms with Gasteiger partial charge in [0.1, 0.15) is 0 Å². The highest BCUT2D eigenvalue weighted by Gasteiger charge is 2.06. The van der Waals surface area contributed by atoms with Crippen LogP contribution in [-0.2, 0) is 13.0 Å². The third kappa shape index (κ3) is 1.77. The Morgan fingerprint density at radius 1 is 1.27 bits per heavy atom. The quantitative estimate of drug-likeness (QED) is 0.814. The molecule has 0 bridgehead atoms. The topological polar surface area (TPSA) is 25.2 Å². The van der Waals surface area contributed by atoms with E-state index in [4.69, 9.17) is 5.11 Å². The molecule has 80 valence electrons. The smallest absolute Gasteiger partial charge is 0.0485 e. The largest absolute Gasteiger partial charge is 0.396 e. The molecule has 1 heterocycles. The third-order valence-electron chi connectivity index (χ3n) is 2.83. The molecule has 1 N–H and O–H groups in total. The van der Waals surface area contributed by atoms with Gasteiger partial charge in [-0.25, -0.2) is 0 Å². The third-order valence-corrected chi connectivity index (χ3v) is 2.83. The van der Waals surface area contributed by atoms with E-state index in [2.05, 4.69) is 42.7 Å². The lowest BCUT2D eigenvalue weighted by atomic mass is 10.2. The zero-order chi connectivity index (χ0) is 10.8. The van der Waals surface area contributed by atoms with Gasteiger partial charge in [-0.05, 0) is 36.9 Å². The molecule has 2 rings (SSSR count). The van der Waals surface area contributed by atoms with E-state index in [1.165, 1.54) is 22.2 Å². The van der Waals surface area contributed by atoms with Crippen LogP contribution in [0.3, 0.4) is 0 Å². The Hall–Kier alpha value is -1.28. The van der Waals surface area contributed by atoms with Crippen molar-refractivity contribution in [1.82, 2.24) is 4.57 Å². The van der Waals surface area contributed by atoms with Crippen LogP contribution in [0.25, 0.3) is 10.9 Å². The molecule has 2 heteroatoms. The summed E-state index contributed by atoms with van der Waals surface area (Å²) in [6, 6.07) is 8.66. The van der Waals surface area contributed by atoms with Gasteiger partial charge in [-0.2, -0.15) is 0 Å². The fourth-order valence-corrected chi connectivity index (χ4v) is 2.12. The lowest BCUT2D eigenvalue weighted by molar-refractivity contribution is 0.296. The van der Waals surface area contributed by atoms with Crippen LogP contribution >= 0.6 is 0 Å². The van der Waals surface area contributed by atoms with Crippen LogP contribution in [0, 0.1) is 6.92 Å². The van der Waals surface area contributed by atoms with Crippen molar-refractivity contribution in [3.8, 4) is 0 Å². The first kappa shape index (κ1) is 10.2. The van der Waals surface area contributed by atoms with Crippen molar-refractivity contribution in [3.05, 3.63) is 35.5 Å². The van der Waals surface area contributed by atoms with Crippen LogP contribution in [0.1, 0.15) is 18.2 Å². The molecule has 1 aromatic heterocycles. The molecule has 0 aliphatic heterocycles. The van der Waals surface area contributed by atoms with E-state index in [1.54, 1.807) is 0 Å². The number of hydrogen-bond donors (Lipinski definition) is 1. The fraction of sp³-hybridized carbons (Fsp3) is 0.385. The van der Waals surface area contributed by atoms with Gasteiger partial charge in [-0.1, -0.05) is 12.1 Å². The first-order valence-corrected chi connectivity index (χ1v) is 5.46. The number of aliphatic hydroxyl groups excluding tert-OH is 1. The van der Waals surface area contributed by atoms with Crippen molar-refractivity contribution in [2.45, 2.75) is 26.8 Å². The lowest BCUT2D eigenvalue weighted by Gasteiger charge is -2.06. The molecule has 1 aromatic carbocycles. The van der Waals surface area contributed by atoms with Gasteiger partial charge in [-0.3, -0.25) is 0 Å². The van der Waals surface area contributed by atoms with Crippen molar-refractivity contribution < 1.29 is 5.11 Å². The van der Waals surface area contributed by atoms with Crippen LogP contribution in [0.5, 0.6) is 0 Å². The van der Waals surface area contributed by atoms with E-state index in [-0.39, 0.29) is 6.61 Å². The number of nitrogens with zero attached hydrogens (tertiary/aromatic N) is 1. The maximum Gasteiger partial charge on any atom is 0.0485 e. The average molecular weight is 203 g/mol. The predicted molar refractivity (Wildman–Crippen MR) is 63.1 cm³/mol. The number of aromatic nitrogens is 1. The molecule has 0 saturated heterocycles. The summed E-state index contributed by atoms with van der Waals surface area (Å²) in [5, 5.41) is 10.3. The Bertz CT molecular complexity index is 471. The Morgan fingerprint density at radius 2 is 2.07 bits per heavy atom. The first-order valence-electron chi connectivity index (χ1n) is 5.46. The van der Waals surface area contributed by atoms with Crippen molar-refractivity contribution in [2.24, 2.45) is 0 Å². The van der Waals surface area contributed by atoms with Crippen molar-refractivity contribution in [2.75, 3.05) is 6.61 Å². The van der Waals surface area contributed by atoms with Gasteiger partial charge in [0.2, 0.25) is 0 Å². The molecule has 2 aromatic rings. The van der Waals surface area contributed by atoms with Gasteiger partial charge in [0.15, 0.2) is 0 Å². The van der Waals surface area contributed by atoms with Crippen molar-refractivity contribution in [1.29, 1.82) is 0 Å². The second-order valence-corrected chi connectivity index (χ2v) is 3.92. The molecular formula is C13H17NO. The highest BCUT2D eigenvalue weighted by atomic mass is 16.3. The molecule has 0 radical (unpaired) electrons. The second-order valence-electron chi connectivity index (χ2n) is 3.92. The summed E-state index contributed by atoms with van der Waals surface area (Å²) >= 11 is 0. The summed E-state index contributed by atoms with van der Waals surface area (Å²) in [5.74, 6) is 0. The highest BCUT2D eigenvalue weighted by Crippen LogP contribution is 2.21. The van der Waals surface area contributed by atoms with Crippen molar-refractivity contribution >= 4 is 10.9 Å². The zero-order valence-corrected chi connectivity index (χ0v) is 9.33. The van der Waals surface area contributed by atoms with E-state index < -0.39 is 0 Å². The number of fused-ring (bicyclic) bond motifs is 1. The second kappa shape index (κ2) is 4.07. The summed E-state index contributed by atoms with van der Waals surface area (Å²) < 4.78 is 2.28. The number of aryl methyl sites for hydroxylation is 2. The van der Waals surface area contributed by atoms with E-state index in [1.807, 2.05) is 0 Å².